The molecule has 0 aromatic carbocycles. The molecule has 4 N–H and O–H groups in total. The van der Waals surface area contributed by atoms with Crippen LogP contribution in [0.25, 0.3) is 0 Å². The highest BCUT2D eigenvalue weighted by molar-refractivity contribution is 5.89. The lowest BCUT2D eigenvalue weighted by Crippen LogP contribution is -2.54. The number of methoxy groups -OCH3 is 1. The van der Waals surface area contributed by atoms with E-state index in [-0.39, 0.29) is 5.41 Å². The van der Waals surface area contributed by atoms with Gasteiger partial charge in [0.1, 0.15) is 6.04 Å². The third kappa shape index (κ3) is 3.97. The molecule has 0 aromatic heterocycles. The molecule has 4 aliphatic rings. The summed E-state index contributed by atoms with van der Waals surface area (Å²) < 4.78 is 4.88. The van der Waals surface area contributed by atoms with Gasteiger partial charge >= 0.3 is 11.9 Å². The SMILES string of the molecule is COC(=O)[C@@H](CC12CC3CC(CC(C3)C1)C2)NC(=O)[C@H](N)CC(=O)O. The smallest absolute Gasteiger partial charge is 0.328 e. The highest BCUT2D eigenvalue weighted by atomic mass is 16.5. The second kappa shape index (κ2) is 6.94. The van der Waals surface area contributed by atoms with Crippen LogP contribution in [-0.2, 0) is 19.1 Å². The molecule has 4 fully saturated rings. The first-order valence-corrected chi connectivity index (χ1v) is 9.16. The second-order valence-electron chi connectivity index (χ2n) is 8.41. The van der Waals surface area contributed by atoms with Gasteiger partial charge in [0.2, 0.25) is 5.91 Å². The third-order valence-corrected chi connectivity index (χ3v) is 6.34. The van der Waals surface area contributed by atoms with Crippen LogP contribution >= 0.6 is 0 Å². The van der Waals surface area contributed by atoms with E-state index >= 15 is 0 Å². The van der Waals surface area contributed by atoms with Gasteiger partial charge in [0, 0.05) is 0 Å². The average molecular weight is 352 g/mol. The summed E-state index contributed by atoms with van der Waals surface area (Å²) in [6, 6.07) is -1.92. The number of hydrogen-bond donors (Lipinski definition) is 3. The molecule has 0 unspecified atom stereocenters. The van der Waals surface area contributed by atoms with E-state index in [1.807, 2.05) is 0 Å². The molecule has 0 radical (unpaired) electrons. The molecular formula is C18H28N2O5. The molecule has 0 spiro atoms. The first-order valence-electron chi connectivity index (χ1n) is 9.16. The normalized spacial score (nSPS) is 35.0. The van der Waals surface area contributed by atoms with Crippen LogP contribution in [0.3, 0.4) is 0 Å². The summed E-state index contributed by atoms with van der Waals surface area (Å²) in [5.74, 6) is 0.00560. The highest BCUT2D eigenvalue weighted by Crippen LogP contribution is 2.61. The summed E-state index contributed by atoms with van der Waals surface area (Å²) in [6.07, 6.45) is 7.36. The summed E-state index contributed by atoms with van der Waals surface area (Å²) in [5, 5.41) is 11.4. The molecule has 0 aromatic rings. The predicted octanol–water partition coefficient (Wildman–Crippen LogP) is 1.05. The molecule has 25 heavy (non-hydrogen) atoms. The number of carbonyl (C=O) groups excluding carboxylic acids is 2. The fourth-order valence-electron chi connectivity index (χ4n) is 5.87. The minimum Gasteiger partial charge on any atom is -0.481 e. The van der Waals surface area contributed by atoms with E-state index in [1.54, 1.807) is 0 Å². The minimum absolute atomic E-state index is 0.0950. The topological polar surface area (TPSA) is 119 Å². The Morgan fingerprint density at radius 1 is 1.16 bits per heavy atom. The maximum Gasteiger partial charge on any atom is 0.328 e. The molecule has 4 saturated carbocycles. The number of ether oxygens (including phenoxy) is 1. The first kappa shape index (κ1) is 18.2. The van der Waals surface area contributed by atoms with Crippen molar-refractivity contribution in [3.63, 3.8) is 0 Å². The van der Waals surface area contributed by atoms with Crippen LogP contribution < -0.4 is 11.1 Å². The zero-order valence-electron chi connectivity index (χ0n) is 14.7. The number of aliphatic carboxylic acids is 1. The highest BCUT2D eigenvalue weighted by Gasteiger charge is 2.52. The summed E-state index contributed by atoms with van der Waals surface area (Å²) in [6.45, 7) is 0. The maximum atomic E-state index is 12.2. The van der Waals surface area contributed by atoms with Crippen molar-refractivity contribution >= 4 is 17.8 Å². The van der Waals surface area contributed by atoms with Gasteiger partial charge in [-0.15, -0.1) is 0 Å². The second-order valence-corrected chi connectivity index (χ2v) is 8.41. The van der Waals surface area contributed by atoms with Crippen LogP contribution in [0, 0.1) is 23.2 Å². The number of hydrogen-bond acceptors (Lipinski definition) is 5. The molecule has 7 heteroatoms. The molecule has 140 valence electrons. The molecule has 0 saturated heterocycles. The number of carboxylic acids is 1. The van der Waals surface area contributed by atoms with E-state index in [0.29, 0.717) is 6.42 Å². The zero-order valence-corrected chi connectivity index (χ0v) is 14.7. The van der Waals surface area contributed by atoms with Gasteiger partial charge in [-0.1, -0.05) is 0 Å². The Kier molecular flexibility index (Phi) is 5.04. The fraction of sp³-hybridized carbons (Fsp3) is 0.833. The van der Waals surface area contributed by atoms with Gasteiger partial charge in [-0.25, -0.2) is 4.79 Å². The monoisotopic (exact) mass is 352 g/mol. The van der Waals surface area contributed by atoms with Crippen molar-refractivity contribution in [1.82, 2.24) is 5.32 Å². The van der Waals surface area contributed by atoms with Crippen molar-refractivity contribution in [2.24, 2.45) is 28.9 Å². The van der Waals surface area contributed by atoms with E-state index in [4.69, 9.17) is 15.6 Å². The Labute approximate surface area is 147 Å². The van der Waals surface area contributed by atoms with E-state index in [1.165, 1.54) is 26.4 Å². The Balaban J connectivity index is 1.68. The molecule has 4 rings (SSSR count). The van der Waals surface area contributed by atoms with Crippen molar-refractivity contribution in [2.45, 2.75) is 63.5 Å². The molecule has 7 nitrogen and oxygen atoms in total. The van der Waals surface area contributed by atoms with Crippen molar-refractivity contribution in [3.8, 4) is 0 Å². The number of carboxylic acid groups (broad SMARTS) is 1. The minimum atomic E-state index is -1.17. The molecule has 2 atom stereocenters. The van der Waals surface area contributed by atoms with Crippen LogP contribution in [-0.4, -0.2) is 42.1 Å². The van der Waals surface area contributed by atoms with Gasteiger partial charge in [-0.05, 0) is 68.1 Å². The van der Waals surface area contributed by atoms with Crippen molar-refractivity contribution in [3.05, 3.63) is 0 Å². The lowest BCUT2D eigenvalue weighted by Gasteiger charge is -2.57. The van der Waals surface area contributed by atoms with Crippen LogP contribution in [0.2, 0.25) is 0 Å². The van der Waals surface area contributed by atoms with E-state index in [9.17, 15) is 14.4 Å². The quantitative estimate of drug-likeness (QED) is 0.589. The standard InChI is InChI=1S/C18H28N2O5/c1-25-17(24)14(20-16(23)13(19)5-15(21)22)9-18-6-10-2-11(7-18)4-12(3-10)8-18/h10-14H,2-9,19H2,1H3,(H,20,23)(H,21,22)/t10?,11?,12?,13-,14-,18?/m1/s1. The Morgan fingerprint density at radius 3 is 2.12 bits per heavy atom. The number of rotatable bonds is 7. The van der Waals surface area contributed by atoms with E-state index in [2.05, 4.69) is 5.32 Å². The van der Waals surface area contributed by atoms with Crippen molar-refractivity contribution in [2.75, 3.05) is 7.11 Å². The number of esters is 1. The molecule has 4 aliphatic carbocycles. The first-order chi connectivity index (χ1) is 11.8. The molecule has 0 aliphatic heterocycles. The third-order valence-electron chi connectivity index (χ3n) is 6.34. The predicted molar refractivity (Wildman–Crippen MR) is 89.4 cm³/mol. The van der Waals surface area contributed by atoms with Gasteiger partial charge in [0.15, 0.2) is 0 Å². The van der Waals surface area contributed by atoms with Crippen LogP contribution in [0.15, 0.2) is 0 Å². The van der Waals surface area contributed by atoms with Crippen LogP contribution in [0.5, 0.6) is 0 Å². The maximum absolute atomic E-state index is 12.2. The largest absolute Gasteiger partial charge is 0.481 e. The number of amides is 1. The lowest BCUT2D eigenvalue weighted by molar-refractivity contribution is -0.148. The zero-order chi connectivity index (χ0) is 18.2. The van der Waals surface area contributed by atoms with E-state index in [0.717, 1.165) is 37.0 Å². The Hall–Kier alpha value is -1.63. The molecular weight excluding hydrogens is 324 g/mol. The molecule has 1 amide bonds. The van der Waals surface area contributed by atoms with E-state index < -0.39 is 36.4 Å². The van der Waals surface area contributed by atoms with Gasteiger partial charge < -0.3 is 20.9 Å². The fourth-order valence-corrected chi connectivity index (χ4v) is 5.87. The van der Waals surface area contributed by atoms with Crippen LogP contribution in [0.1, 0.15) is 51.4 Å². The number of nitrogens with two attached hydrogens (primary N) is 1. The molecule has 0 heterocycles. The van der Waals surface area contributed by atoms with Crippen molar-refractivity contribution < 1.29 is 24.2 Å². The van der Waals surface area contributed by atoms with Gasteiger partial charge in [0.05, 0.1) is 19.6 Å². The van der Waals surface area contributed by atoms with Gasteiger partial charge in [0.25, 0.3) is 0 Å². The summed E-state index contributed by atoms with van der Waals surface area (Å²) >= 11 is 0. The van der Waals surface area contributed by atoms with Gasteiger partial charge in [-0.3, -0.25) is 9.59 Å². The number of nitrogens with one attached hydrogen (secondary N) is 1. The lowest BCUT2D eigenvalue weighted by atomic mass is 9.48. The Morgan fingerprint density at radius 2 is 1.68 bits per heavy atom. The molecule has 4 bridgehead atoms. The van der Waals surface area contributed by atoms with Crippen LogP contribution in [0.4, 0.5) is 0 Å². The Bertz CT molecular complexity index is 526. The number of carbonyl (C=O) groups is 3. The van der Waals surface area contributed by atoms with Gasteiger partial charge in [-0.2, -0.15) is 0 Å². The van der Waals surface area contributed by atoms with Crippen molar-refractivity contribution in [1.29, 1.82) is 0 Å². The average Bonchev–Trinajstić information content (AvgIpc) is 2.51. The summed E-state index contributed by atoms with van der Waals surface area (Å²) in [7, 11) is 1.30. The summed E-state index contributed by atoms with van der Waals surface area (Å²) in [5.41, 5.74) is 5.72. The summed E-state index contributed by atoms with van der Waals surface area (Å²) in [4.78, 5) is 35.1.